The van der Waals surface area contributed by atoms with E-state index in [1.165, 1.54) is 0 Å². The minimum atomic E-state index is -3.69. The molecule has 7 heteroatoms. The van der Waals surface area contributed by atoms with E-state index < -0.39 is 23.0 Å². The minimum Gasteiger partial charge on any atom is -0.303 e. The molecule has 1 atom stereocenters. The van der Waals surface area contributed by atoms with Crippen LogP contribution in [-0.2, 0) is 16.4 Å². The van der Waals surface area contributed by atoms with Gasteiger partial charge in [-0.1, -0.05) is 87.4 Å². The highest BCUT2D eigenvalue weighted by Gasteiger charge is 2.66. The second-order valence-electron chi connectivity index (χ2n) is 9.86. The van der Waals surface area contributed by atoms with Gasteiger partial charge in [0.2, 0.25) is 10.0 Å². The number of halogens is 1. The van der Waals surface area contributed by atoms with E-state index >= 15 is 0 Å². The molecule has 0 radical (unpaired) electrons. The van der Waals surface area contributed by atoms with Crippen molar-refractivity contribution in [2.24, 2.45) is 0 Å². The largest absolute Gasteiger partial charge is 0.303 e. The fraction of sp³-hybridized carbons (Fsp3) is 0.435. The van der Waals surface area contributed by atoms with Crippen molar-refractivity contribution in [2.75, 3.05) is 6.54 Å². The quantitative estimate of drug-likeness (QED) is 0.461. The zero-order valence-corrected chi connectivity index (χ0v) is 21.2. The van der Waals surface area contributed by atoms with Crippen LogP contribution in [0.5, 0.6) is 0 Å². The molecule has 1 aliphatic rings. The van der Waals surface area contributed by atoms with E-state index in [0.29, 0.717) is 23.6 Å². The van der Waals surface area contributed by atoms with Gasteiger partial charge >= 0.3 is 0 Å². The van der Waals surface area contributed by atoms with Crippen LogP contribution in [0, 0.1) is 12.3 Å². The molecule has 2 aromatic rings. The van der Waals surface area contributed by atoms with Gasteiger partial charge in [-0.05, 0) is 35.2 Å². The SMILES string of the molecule is Cc1ccc(CC2(C(=N)c3ccc(Cl)cc3)CN([Si](C)(C)C(C)(C)C)S2(=O)=O)cc1. The van der Waals surface area contributed by atoms with E-state index in [4.69, 9.17) is 17.0 Å². The molecule has 4 nitrogen and oxygen atoms in total. The van der Waals surface area contributed by atoms with E-state index in [1.807, 2.05) is 31.2 Å². The van der Waals surface area contributed by atoms with Gasteiger partial charge in [0.15, 0.2) is 0 Å². The molecule has 2 aromatic carbocycles. The van der Waals surface area contributed by atoms with Gasteiger partial charge < -0.3 is 5.41 Å². The van der Waals surface area contributed by atoms with Gasteiger partial charge in [-0.15, -0.1) is 0 Å². The second-order valence-corrected chi connectivity index (χ2v) is 18.0. The molecule has 0 bridgehead atoms. The number of aryl methyl sites for hydroxylation is 1. The van der Waals surface area contributed by atoms with Crippen molar-refractivity contribution in [1.82, 2.24) is 3.97 Å². The van der Waals surface area contributed by atoms with Crippen molar-refractivity contribution >= 4 is 35.6 Å². The van der Waals surface area contributed by atoms with E-state index in [0.717, 1.165) is 11.1 Å². The van der Waals surface area contributed by atoms with Gasteiger partial charge in [-0.2, -0.15) is 0 Å². The van der Waals surface area contributed by atoms with E-state index in [2.05, 4.69) is 33.9 Å². The van der Waals surface area contributed by atoms with Gasteiger partial charge in [0, 0.05) is 18.0 Å². The van der Waals surface area contributed by atoms with Gasteiger partial charge in [0.1, 0.15) is 13.0 Å². The third kappa shape index (κ3) is 3.68. The zero-order valence-electron chi connectivity index (χ0n) is 18.6. The molecule has 1 saturated heterocycles. The number of nitrogens with one attached hydrogen (secondary N) is 1. The zero-order chi connectivity index (χ0) is 22.5. The summed E-state index contributed by atoms with van der Waals surface area (Å²) in [6.45, 7) is 12.9. The Kier molecular flexibility index (Phi) is 5.87. The van der Waals surface area contributed by atoms with Crippen molar-refractivity contribution in [2.45, 2.75) is 57.0 Å². The lowest BCUT2D eigenvalue weighted by atomic mass is 9.89. The molecule has 1 aliphatic heterocycles. The predicted octanol–water partition coefficient (Wildman–Crippen LogP) is 5.65. The molecule has 0 spiro atoms. The van der Waals surface area contributed by atoms with Crippen molar-refractivity contribution in [1.29, 1.82) is 5.41 Å². The molecule has 1 unspecified atom stereocenters. The first-order chi connectivity index (χ1) is 13.7. The molecule has 3 rings (SSSR count). The van der Waals surface area contributed by atoms with Crippen molar-refractivity contribution < 1.29 is 8.42 Å². The Morgan fingerprint density at radius 1 is 1.10 bits per heavy atom. The maximum absolute atomic E-state index is 13.9. The first-order valence-corrected chi connectivity index (χ1v) is 14.9. The van der Waals surface area contributed by atoms with E-state index in [-0.39, 0.29) is 10.7 Å². The fourth-order valence-corrected chi connectivity index (χ4v) is 10.8. The van der Waals surface area contributed by atoms with Crippen LogP contribution in [0.15, 0.2) is 48.5 Å². The van der Waals surface area contributed by atoms with Gasteiger partial charge in [-0.3, -0.25) is 0 Å². The molecular formula is C23H31ClN2O2SSi. The third-order valence-corrected chi connectivity index (χ3v) is 16.4. The van der Waals surface area contributed by atoms with Crippen molar-refractivity contribution in [3.05, 3.63) is 70.2 Å². The molecule has 30 heavy (non-hydrogen) atoms. The molecule has 0 saturated carbocycles. The Hall–Kier alpha value is -1.47. The summed E-state index contributed by atoms with van der Waals surface area (Å²) in [4.78, 5) is 0. The Morgan fingerprint density at radius 2 is 1.63 bits per heavy atom. The average Bonchev–Trinajstić information content (AvgIpc) is 2.65. The summed E-state index contributed by atoms with van der Waals surface area (Å²) in [5.74, 6) is 0. The summed E-state index contributed by atoms with van der Waals surface area (Å²) in [5, 5.41) is 9.43. The monoisotopic (exact) mass is 462 g/mol. The summed E-state index contributed by atoms with van der Waals surface area (Å²) in [6.07, 6.45) is 0.294. The summed E-state index contributed by atoms with van der Waals surface area (Å²) >= 11 is 6.02. The number of rotatable bonds is 5. The summed E-state index contributed by atoms with van der Waals surface area (Å²) < 4.78 is 28.3. The lowest BCUT2D eigenvalue weighted by Crippen LogP contribution is -2.77. The van der Waals surface area contributed by atoms with Crippen LogP contribution in [0.3, 0.4) is 0 Å². The van der Waals surface area contributed by atoms with Crippen LogP contribution in [0.25, 0.3) is 0 Å². The van der Waals surface area contributed by atoms with Crippen molar-refractivity contribution in [3.63, 3.8) is 0 Å². The number of benzene rings is 2. The first-order valence-electron chi connectivity index (χ1n) is 10.2. The van der Waals surface area contributed by atoms with Gasteiger partial charge in [-0.25, -0.2) is 12.4 Å². The molecule has 1 heterocycles. The van der Waals surface area contributed by atoms with Crippen LogP contribution in [0.1, 0.15) is 37.5 Å². The topological polar surface area (TPSA) is 61.2 Å². The highest BCUT2D eigenvalue weighted by molar-refractivity contribution is 7.94. The lowest BCUT2D eigenvalue weighted by Gasteiger charge is -2.58. The lowest BCUT2D eigenvalue weighted by molar-refractivity contribution is 0.392. The van der Waals surface area contributed by atoms with Crippen molar-refractivity contribution in [3.8, 4) is 0 Å². The predicted molar refractivity (Wildman–Crippen MR) is 129 cm³/mol. The maximum Gasteiger partial charge on any atom is 0.221 e. The summed E-state index contributed by atoms with van der Waals surface area (Å²) in [6, 6.07) is 14.8. The van der Waals surface area contributed by atoms with Crippen LogP contribution in [0.2, 0.25) is 23.2 Å². The highest BCUT2D eigenvalue weighted by atomic mass is 35.5. The normalized spacial score (nSPS) is 21.8. The molecule has 0 aromatic heterocycles. The number of sulfonamides is 1. The van der Waals surface area contributed by atoms with Crippen LogP contribution in [0.4, 0.5) is 0 Å². The Labute approximate surface area is 186 Å². The maximum atomic E-state index is 13.9. The van der Waals surface area contributed by atoms with E-state index in [1.54, 1.807) is 28.2 Å². The molecule has 1 fully saturated rings. The fourth-order valence-electron chi connectivity index (χ4n) is 3.77. The molecule has 162 valence electrons. The Morgan fingerprint density at radius 3 is 2.10 bits per heavy atom. The second kappa shape index (κ2) is 7.59. The smallest absolute Gasteiger partial charge is 0.221 e. The summed E-state index contributed by atoms with van der Waals surface area (Å²) in [5.41, 5.74) is 2.80. The van der Waals surface area contributed by atoms with Crippen LogP contribution in [-0.4, -0.2) is 37.6 Å². The molecular weight excluding hydrogens is 432 g/mol. The molecule has 0 amide bonds. The first kappa shape index (κ1) is 23.2. The minimum absolute atomic E-state index is 0.113. The average molecular weight is 463 g/mol. The van der Waals surface area contributed by atoms with Gasteiger partial charge in [0.05, 0.1) is 5.71 Å². The molecule has 1 N–H and O–H groups in total. The van der Waals surface area contributed by atoms with E-state index in [9.17, 15) is 8.42 Å². The summed E-state index contributed by atoms with van der Waals surface area (Å²) in [7, 11) is -5.99. The number of hydrogen-bond donors (Lipinski definition) is 1. The highest BCUT2D eigenvalue weighted by Crippen LogP contribution is 2.49. The van der Waals surface area contributed by atoms with Crippen LogP contribution < -0.4 is 0 Å². The third-order valence-electron chi connectivity index (χ3n) is 6.84. The van der Waals surface area contributed by atoms with Crippen LogP contribution >= 0.6 is 11.6 Å². The Bertz CT molecular complexity index is 1060. The Balaban J connectivity index is 2.09. The molecule has 0 aliphatic carbocycles. The number of nitrogens with zero attached hydrogens (tertiary/aromatic N) is 1. The van der Waals surface area contributed by atoms with Gasteiger partial charge in [0.25, 0.3) is 0 Å². The standard InChI is InChI=1S/C23H31ClN2O2SSi/c1-17-7-9-18(10-8-17)15-23(21(25)19-11-13-20(24)14-12-19)16-26(29(23,27)28)30(5,6)22(2,3)4/h7-14,25H,15-16H2,1-6H3. The number of hydrogen-bond acceptors (Lipinski definition) is 3.